The molecular formula is C98H66N8Si2. The maximum Gasteiger partial charge on any atom is 0.220 e. The number of fused-ring (bicyclic) bond motifs is 18. The van der Waals surface area contributed by atoms with Crippen LogP contribution < -0.4 is 41.5 Å². The van der Waals surface area contributed by atoms with Crippen LogP contribution in [-0.4, -0.2) is 53.2 Å². The summed E-state index contributed by atoms with van der Waals surface area (Å²) in [4.78, 5) is 11.6. The van der Waals surface area contributed by atoms with Gasteiger partial charge in [-0.15, -0.1) is 0 Å². The van der Waals surface area contributed by atoms with Crippen LogP contribution in [0.15, 0.2) is 400 Å². The van der Waals surface area contributed by atoms with Gasteiger partial charge in [-0.3, -0.25) is 17.9 Å². The fourth-order valence-electron chi connectivity index (χ4n) is 18.4. The Morgan fingerprint density at radius 1 is 0.185 bits per heavy atom. The molecule has 0 bridgehead atoms. The molecule has 8 nitrogen and oxygen atoms in total. The number of benzene rings is 16. The maximum absolute atomic E-state index is 5.82. The Morgan fingerprint density at radius 3 is 0.954 bits per heavy atom. The highest BCUT2D eigenvalue weighted by atomic mass is 28.3. The monoisotopic (exact) mass is 1410 g/mol. The second-order valence-electron chi connectivity index (χ2n) is 28.4. The van der Waals surface area contributed by atoms with Crippen LogP contribution in [0.2, 0.25) is 0 Å². The van der Waals surface area contributed by atoms with E-state index in [0.717, 1.165) is 117 Å². The highest BCUT2D eigenvalue weighted by Crippen LogP contribution is 2.42. The molecule has 22 rings (SSSR count). The first-order valence-corrected chi connectivity index (χ1v) is 41.0. The first-order chi connectivity index (χ1) is 53.6. The van der Waals surface area contributed by atoms with Crippen LogP contribution in [0.5, 0.6) is 0 Å². The zero-order valence-electron chi connectivity index (χ0n) is 58.7. The van der Waals surface area contributed by atoms with Gasteiger partial charge in [0.1, 0.15) is 11.0 Å². The van der Waals surface area contributed by atoms with E-state index in [1.165, 1.54) is 57.7 Å². The van der Waals surface area contributed by atoms with E-state index in [2.05, 4.69) is 427 Å². The minimum Gasteiger partial charge on any atom is -0.307 e. The van der Waals surface area contributed by atoms with Crippen molar-refractivity contribution in [1.82, 2.24) is 37.0 Å². The average molecular weight is 1410 g/mol. The van der Waals surface area contributed by atoms with E-state index >= 15 is 0 Å². The molecule has 0 atom stereocenters. The number of rotatable bonds is 13. The molecule has 0 spiro atoms. The van der Waals surface area contributed by atoms with Gasteiger partial charge in [-0.1, -0.05) is 291 Å². The maximum atomic E-state index is 5.82. The molecule has 6 aromatic heterocycles. The summed E-state index contributed by atoms with van der Waals surface area (Å²) < 4.78 is 14.3. The number of hydrogen-bond donors (Lipinski definition) is 0. The summed E-state index contributed by atoms with van der Waals surface area (Å²) in [7, 11) is -6.54. The fourth-order valence-corrected chi connectivity index (χ4v) is 28.0. The van der Waals surface area contributed by atoms with Crippen LogP contribution in [0, 0.1) is 0 Å². The average Bonchev–Trinajstić information content (AvgIpc) is 1.53. The van der Waals surface area contributed by atoms with Crippen molar-refractivity contribution in [3.05, 3.63) is 400 Å². The molecule has 10 heteroatoms. The van der Waals surface area contributed by atoms with Gasteiger partial charge in [0.05, 0.1) is 55.2 Å². The van der Waals surface area contributed by atoms with Crippen LogP contribution in [0.3, 0.4) is 0 Å². The van der Waals surface area contributed by atoms with Gasteiger partial charge >= 0.3 is 0 Å². The molecule has 0 saturated heterocycles. The first kappa shape index (κ1) is 61.6. The molecule has 0 aliphatic heterocycles. The lowest BCUT2D eigenvalue weighted by molar-refractivity contribution is 1.11. The van der Waals surface area contributed by atoms with Gasteiger partial charge in [-0.05, 0) is 162 Å². The van der Waals surface area contributed by atoms with E-state index in [-0.39, 0.29) is 0 Å². The third kappa shape index (κ3) is 8.96. The smallest absolute Gasteiger partial charge is 0.220 e. The highest BCUT2D eigenvalue weighted by Gasteiger charge is 2.44. The Balaban J connectivity index is 0.761. The third-order valence-corrected chi connectivity index (χ3v) is 32.4. The van der Waals surface area contributed by atoms with Crippen LogP contribution in [0.4, 0.5) is 0 Å². The standard InChI is InChI=1S/C98H66N8Si2/c1-9-33-69(34-10-1)101-85-52-26-25-51-81(85)82-57-61-91-94(95(82)101)100-98-104(72-39-15-4-16-40-72)89-60-56-80(66-92(89)106(91)98)108(75-45-21-7-22-46-75,76-47-23-8-24-48-76)78-50-30-32-68(64-78)67-31-29-49-77(63-67)107(73-41-17-5-18-42-73,74-43-19-6-20-44-74)79-55-59-86-84(65-79)83-58-62-90-93(96(83)102(86)70-35-11-2-12-36-70)99-97-103(71-37-13-3-14-38-71)87-53-27-28-54-88(87)105(90)97/h1-66H. The SMILES string of the molecule is c1ccc(-n2c3ccc([Si](c4ccccc4)(c4ccccc4)c4cccc(-c5cccc([Si](c6ccccc6)(c6ccccc6)c6ccc7c(c6)n6c8ccc9c%10ccccc%10n(-c%10ccccc%10)c9c8nc6n7-c6ccccc6)c5)c4)cc3c3ccc4c(nc5n(-c6ccccc6)c6ccccc6n45)c32)cc1. The molecule has 0 aliphatic carbocycles. The Kier molecular flexibility index (Phi) is 13.9. The zero-order chi connectivity index (χ0) is 71.0. The Hall–Kier alpha value is -13.9. The van der Waals surface area contributed by atoms with Gasteiger partial charge in [0.25, 0.3) is 0 Å². The van der Waals surface area contributed by atoms with Crippen LogP contribution >= 0.6 is 0 Å². The van der Waals surface area contributed by atoms with Gasteiger partial charge < -0.3 is 9.13 Å². The fraction of sp³-hybridized carbons (Fsp3) is 0. The summed E-state index contributed by atoms with van der Waals surface area (Å²) in [5.41, 5.74) is 19.5. The summed E-state index contributed by atoms with van der Waals surface area (Å²) in [6, 6.07) is 149. The minimum absolute atomic E-state index is 0.861. The second kappa shape index (κ2) is 24.3. The predicted octanol–water partition coefficient (Wildman–Crippen LogP) is 17.8. The van der Waals surface area contributed by atoms with Crippen molar-refractivity contribution in [2.75, 3.05) is 0 Å². The molecule has 108 heavy (non-hydrogen) atoms. The third-order valence-electron chi connectivity index (χ3n) is 22.9. The molecule has 16 aromatic carbocycles. The molecule has 0 unspecified atom stereocenters. The molecule has 0 N–H and O–H groups in total. The number of imidazole rings is 4. The van der Waals surface area contributed by atoms with Gasteiger partial charge in [-0.25, -0.2) is 9.97 Å². The summed E-state index contributed by atoms with van der Waals surface area (Å²) in [5.74, 6) is 1.74. The van der Waals surface area contributed by atoms with Gasteiger partial charge in [0, 0.05) is 44.3 Å². The van der Waals surface area contributed by atoms with Crippen molar-refractivity contribution in [1.29, 1.82) is 0 Å². The second-order valence-corrected chi connectivity index (χ2v) is 36.0. The van der Waals surface area contributed by atoms with E-state index in [0.29, 0.717) is 0 Å². The molecule has 0 amide bonds. The first-order valence-electron chi connectivity index (χ1n) is 37.0. The molecule has 0 fully saturated rings. The molecular weight excluding hydrogens is 1350 g/mol. The van der Waals surface area contributed by atoms with E-state index in [1.54, 1.807) is 0 Å². The molecule has 22 aromatic rings. The molecule has 506 valence electrons. The molecule has 6 heterocycles. The van der Waals surface area contributed by atoms with Crippen molar-refractivity contribution in [3.8, 4) is 33.9 Å². The van der Waals surface area contributed by atoms with Gasteiger partial charge in [-0.2, -0.15) is 0 Å². The summed E-state index contributed by atoms with van der Waals surface area (Å²) in [5, 5.41) is 15.0. The van der Waals surface area contributed by atoms with Gasteiger partial charge in [0.2, 0.25) is 11.6 Å². The zero-order valence-corrected chi connectivity index (χ0v) is 60.7. The van der Waals surface area contributed by atoms with Crippen LogP contribution in [0.25, 0.3) is 133 Å². The number of nitrogens with zero attached hydrogens (tertiary/aromatic N) is 8. The number of hydrogen-bond acceptors (Lipinski definition) is 2. The normalized spacial score (nSPS) is 12.3. The van der Waals surface area contributed by atoms with Crippen molar-refractivity contribution in [3.63, 3.8) is 0 Å². The van der Waals surface area contributed by atoms with E-state index in [9.17, 15) is 0 Å². The van der Waals surface area contributed by atoms with Crippen LogP contribution in [-0.2, 0) is 0 Å². The number of aromatic nitrogens is 8. The Morgan fingerprint density at radius 2 is 0.500 bits per heavy atom. The van der Waals surface area contributed by atoms with E-state index < -0.39 is 16.1 Å². The minimum atomic E-state index is -3.29. The van der Waals surface area contributed by atoms with E-state index in [1.807, 2.05) is 0 Å². The summed E-state index contributed by atoms with van der Waals surface area (Å²) in [6.07, 6.45) is 0. The van der Waals surface area contributed by atoms with Crippen molar-refractivity contribution >= 4 is 157 Å². The molecule has 0 radical (unpaired) electrons. The lowest BCUT2D eigenvalue weighted by Crippen LogP contribution is -2.74. The number of para-hydroxylation sites is 7. The van der Waals surface area contributed by atoms with Crippen molar-refractivity contribution < 1.29 is 0 Å². The summed E-state index contributed by atoms with van der Waals surface area (Å²) in [6.45, 7) is 0. The Labute approximate surface area is 624 Å². The lowest BCUT2D eigenvalue weighted by Gasteiger charge is -2.35. The lowest BCUT2D eigenvalue weighted by atomic mass is 10.1. The Bertz CT molecular complexity index is 7190. The molecule has 0 aliphatic rings. The van der Waals surface area contributed by atoms with Gasteiger partial charge in [0.15, 0.2) is 16.1 Å². The van der Waals surface area contributed by atoms with Crippen LogP contribution in [0.1, 0.15) is 0 Å². The quantitative estimate of drug-likeness (QED) is 0.0853. The molecule has 0 saturated carbocycles. The highest BCUT2D eigenvalue weighted by molar-refractivity contribution is 7.20. The van der Waals surface area contributed by atoms with Crippen molar-refractivity contribution in [2.24, 2.45) is 0 Å². The predicted molar refractivity (Wildman–Crippen MR) is 454 cm³/mol. The largest absolute Gasteiger partial charge is 0.307 e. The van der Waals surface area contributed by atoms with E-state index in [4.69, 9.17) is 9.97 Å². The topological polar surface area (TPSA) is 54.3 Å². The van der Waals surface area contributed by atoms with Crippen molar-refractivity contribution in [2.45, 2.75) is 0 Å². The summed E-state index contributed by atoms with van der Waals surface area (Å²) >= 11 is 0.